The lowest BCUT2D eigenvalue weighted by atomic mass is 10.1. The number of aromatic amines is 1. The van der Waals surface area contributed by atoms with Gasteiger partial charge < -0.3 is 20.6 Å². The van der Waals surface area contributed by atoms with Crippen LogP contribution >= 0.6 is 0 Å². The molecule has 0 fully saturated rings. The standard InChI is InChI=1S/C13H16N4O3/c1-2-17-10-4-3-8(11(18)15-6-5-14)7-9(10)16-12(19)13(17)20/h3-4,7H,2,5-6,14H2,1H3,(H,15,18)(H,16,19). The number of hydrogen-bond donors (Lipinski definition) is 3. The Hall–Kier alpha value is -2.41. The minimum absolute atomic E-state index is 0.271. The number of benzene rings is 1. The van der Waals surface area contributed by atoms with E-state index in [1.54, 1.807) is 25.1 Å². The SMILES string of the molecule is CCn1c(=O)c(=O)[nH]c2cc(C(=O)NCCN)ccc21. The van der Waals surface area contributed by atoms with Gasteiger partial charge in [0.25, 0.3) is 5.91 Å². The number of H-pyrrole nitrogens is 1. The predicted molar refractivity (Wildman–Crippen MR) is 75.9 cm³/mol. The first-order chi connectivity index (χ1) is 9.58. The fourth-order valence-corrected chi connectivity index (χ4v) is 2.02. The van der Waals surface area contributed by atoms with Gasteiger partial charge in [0.15, 0.2) is 0 Å². The van der Waals surface area contributed by atoms with Crippen molar-refractivity contribution in [1.82, 2.24) is 14.9 Å². The first-order valence-electron chi connectivity index (χ1n) is 6.33. The summed E-state index contributed by atoms with van der Waals surface area (Å²) < 4.78 is 1.37. The average Bonchev–Trinajstić information content (AvgIpc) is 2.45. The Kier molecular flexibility index (Phi) is 3.99. The zero-order valence-corrected chi connectivity index (χ0v) is 11.1. The van der Waals surface area contributed by atoms with Crippen molar-refractivity contribution < 1.29 is 4.79 Å². The number of fused-ring (bicyclic) bond motifs is 1. The smallest absolute Gasteiger partial charge is 0.316 e. The summed E-state index contributed by atoms with van der Waals surface area (Å²) in [6, 6.07) is 4.81. The quantitative estimate of drug-likeness (QED) is 0.647. The van der Waals surface area contributed by atoms with Gasteiger partial charge in [-0.25, -0.2) is 0 Å². The number of rotatable bonds is 4. The molecule has 0 bridgehead atoms. The molecule has 0 radical (unpaired) electrons. The predicted octanol–water partition coefficient (Wildman–Crippen LogP) is -0.602. The molecular weight excluding hydrogens is 260 g/mol. The highest BCUT2D eigenvalue weighted by Crippen LogP contribution is 2.11. The molecule has 20 heavy (non-hydrogen) atoms. The van der Waals surface area contributed by atoms with Crippen LogP contribution in [-0.2, 0) is 6.54 Å². The number of carbonyl (C=O) groups is 1. The summed E-state index contributed by atoms with van der Waals surface area (Å²) in [6.45, 7) is 2.90. The van der Waals surface area contributed by atoms with Crippen LogP contribution in [0.4, 0.5) is 0 Å². The summed E-state index contributed by atoms with van der Waals surface area (Å²) >= 11 is 0. The fourth-order valence-electron chi connectivity index (χ4n) is 2.02. The van der Waals surface area contributed by atoms with E-state index in [1.165, 1.54) is 4.57 Å². The van der Waals surface area contributed by atoms with Gasteiger partial charge in [0.05, 0.1) is 11.0 Å². The highest BCUT2D eigenvalue weighted by Gasteiger charge is 2.10. The molecule has 0 unspecified atom stereocenters. The molecule has 4 N–H and O–H groups in total. The zero-order chi connectivity index (χ0) is 14.7. The number of aryl methyl sites for hydroxylation is 1. The molecule has 0 atom stereocenters. The van der Waals surface area contributed by atoms with Crippen LogP contribution in [0, 0.1) is 0 Å². The second-order valence-corrected chi connectivity index (χ2v) is 4.28. The van der Waals surface area contributed by atoms with Gasteiger partial charge in [-0.1, -0.05) is 0 Å². The van der Waals surface area contributed by atoms with E-state index in [1.807, 2.05) is 0 Å². The maximum atomic E-state index is 11.8. The Morgan fingerprint density at radius 3 is 2.80 bits per heavy atom. The van der Waals surface area contributed by atoms with Crippen LogP contribution in [0.25, 0.3) is 11.0 Å². The number of nitrogens with two attached hydrogens (primary N) is 1. The van der Waals surface area contributed by atoms with Crippen molar-refractivity contribution >= 4 is 16.9 Å². The van der Waals surface area contributed by atoms with E-state index in [0.29, 0.717) is 36.2 Å². The van der Waals surface area contributed by atoms with Crippen molar-refractivity contribution in [2.24, 2.45) is 5.73 Å². The monoisotopic (exact) mass is 276 g/mol. The van der Waals surface area contributed by atoms with Gasteiger partial charge in [0.2, 0.25) is 0 Å². The summed E-state index contributed by atoms with van der Waals surface area (Å²) in [5.74, 6) is -0.271. The summed E-state index contributed by atoms with van der Waals surface area (Å²) in [7, 11) is 0. The maximum Gasteiger partial charge on any atom is 0.316 e. The number of nitrogens with one attached hydrogen (secondary N) is 2. The highest BCUT2D eigenvalue weighted by molar-refractivity contribution is 5.97. The van der Waals surface area contributed by atoms with Crippen molar-refractivity contribution in [3.63, 3.8) is 0 Å². The number of aromatic nitrogens is 2. The van der Waals surface area contributed by atoms with Gasteiger partial charge in [0, 0.05) is 25.2 Å². The van der Waals surface area contributed by atoms with E-state index in [9.17, 15) is 14.4 Å². The molecule has 0 spiro atoms. The molecule has 0 saturated heterocycles. The Labute approximate surface area is 114 Å². The van der Waals surface area contributed by atoms with Gasteiger partial charge >= 0.3 is 11.1 Å². The fraction of sp³-hybridized carbons (Fsp3) is 0.308. The maximum absolute atomic E-state index is 11.8. The molecule has 106 valence electrons. The second-order valence-electron chi connectivity index (χ2n) is 4.28. The molecule has 1 amide bonds. The topological polar surface area (TPSA) is 110 Å². The molecule has 7 heteroatoms. The van der Waals surface area contributed by atoms with Gasteiger partial charge in [0.1, 0.15) is 0 Å². The molecule has 0 aliphatic heterocycles. The first-order valence-corrected chi connectivity index (χ1v) is 6.33. The summed E-state index contributed by atoms with van der Waals surface area (Å²) in [4.78, 5) is 37.6. The van der Waals surface area contributed by atoms with Crippen LogP contribution in [0.5, 0.6) is 0 Å². The molecule has 1 heterocycles. The number of amides is 1. The molecule has 2 rings (SSSR count). The Balaban J connectivity index is 2.55. The first kappa shape index (κ1) is 14.0. The van der Waals surface area contributed by atoms with E-state index in [0.717, 1.165) is 0 Å². The molecule has 0 aliphatic carbocycles. The van der Waals surface area contributed by atoms with Gasteiger partial charge in [-0.2, -0.15) is 0 Å². The van der Waals surface area contributed by atoms with Crippen LogP contribution in [-0.4, -0.2) is 28.5 Å². The second kappa shape index (κ2) is 5.70. The lowest BCUT2D eigenvalue weighted by molar-refractivity contribution is 0.0955. The lowest BCUT2D eigenvalue weighted by Crippen LogP contribution is -2.36. The van der Waals surface area contributed by atoms with E-state index in [-0.39, 0.29) is 5.91 Å². The lowest BCUT2D eigenvalue weighted by Gasteiger charge is -2.09. The van der Waals surface area contributed by atoms with Crippen LogP contribution in [0.3, 0.4) is 0 Å². The third-order valence-electron chi connectivity index (χ3n) is 2.98. The van der Waals surface area contributed by atoms with Crippen LogP contribution in [0.1, 0.15) is 17.3 Å². The van der Waals surface area contributed by atoms with Crippen molar-refractivity contribution in [3.8, 4) is 0 Å². The summed E-state index contributed by atoms with van der Waals surface area (Å²) in [5, 5.41) is 2.64. The average molecular weight is 276 g/mol. The molecule has 1 aromatic heterocycles. The third kappa shape index (κ3) is 2.48. The highest BCUT2D eigenvalue weighted by atomic mass is 16.2. The number of hydrogen-bond acceptors (Lipinski definition) is 4. The normalized spacial score (nSPS) is 10.7. The molecule has 0 aliphatic rings. The van der Waals surface area contributed by atoms with Crippen molar-refractivity contribution in [3.05, 3.63) is 44.5 Å². The van der Waals surface area contributed by atoms with Crippen LogP contribution in [0.2, 0.25) is 0 Å². The van der Waals surface area contributed by atoms with Gasteiger partial charge in [-0.15, -0.1) is 0 Å². The zero-order valence-electron chi connectivity index (χ0n) is 11.1. The molecule has 7 nitrogen and oxygen atoms in total. The van der Waals surface area contributed by atoms with E-state index >= 15 is 0 Å². The summed E-state index contributed by atoms with van der Waals surface area (Å²) in [6.07, 6.45) is 0. The van der Waals surface area contributed by atoms with Crippen molar-refractivity contribution in [1.29, 1.82) is 0 Å². The number of nitrogens with zero attached hydrogens (tertiary/aromatic N) is 1. The van der Waals surface area contributed by atoms with E-state index in [4.69, 9.17) is 5.73 Å². The van der Waals surface area contributed by atoms with Crippen molar-refractivity contribution in [2.75, 3.05) is 13.1 Å². The van der Waals surface area contributed by atoms with Crippen LogP contribution < -0.4 is 22.2 Å². The van der Waals surface area contributed by atoms with Crippen LogP contribution in [0.15, 0.2) is 27.8 Å². The Morgan fingerprint density at radius 2 is 2.15 bits per heavy atom. The minimum atomic E-state index is -0.695. The molecule has 1 aromatic carbocycles. The van der Waals surface area contributed by atoms with E-state index in [2.05, 4.69) is 10.3 Å². The third-order valence-corrected chi connectivity index (χ3v) is 2.98. The molecule has 0 saturated carbocycles. The largest absolute Gasteiger partial charge is 0.351 e. The Morgan fingerprint density at radius 1 is 1.40 bits per heavy atom. The number of carbonyl (C=O) groups excluding carboxylic acids is 1. The summed E-state index contributed by atoms with van der Waals surface area (Å²) in [5.41, 5.74) is 5.48. The minimum Gasteiger partial charge on any atom is -0.351 e. The van der Waals surface area contributed by atoms with E-state index < -0.39 is 11.1 Å². The Bertz CT molecular complexity index is 760. The van der Waals surface area contributed by atoms with Gasteiger partial charge in [-0.3, -0.25) is 14.4 Å². The molecular formula is C13H16N4O3. The van der Waals surface area contributed by atoms with Crippen molar-refractivity contribution in [2.45, 2.75) is 13.5 Å². The molecule has 2 aromatic rings. The van der Waals surface area contributed by atoms with Gasteiger partial charge in [-0.05, 0) is 25.1 Å².